The monoisotopic (exact) mass is 708 g/mol. The van der Waals surface area contributed by atoms with E-state index in [9.17, 15) is 9.59 Å². The molecular formula is C44H16F4N4O2. The second-order valence-electron chi connectivity index (χ2n) is 14.2. The standard InChI is InChI=1S/C44H16F4N4O2/c45-25-13-21-33-23(43(53)51-31-11-19-7-3-1-5-17(19)9-29(31)49-41(21)51)15-27(47)37-36-26(46)14-22-34-24(16-28(48)38(40(34)36)35(25)39(33)37)44(54)52-32-12-20-8-4-2-6-18(20)10-30(32)50-42(22)52/h1-16H. The van der Waals surface area contributed by atoms with Crippen molar-refractivity contribution in [1.29, 1.82) is 0 Å². The Kier molecular flexibility index (Phi) is 4.76. The van der Waals surface area contributed by atoms with E-state index < -0.39 is 34.4 Å². The Bertz CT molecular complexity index is 3780. The van der Waals surface area contributed by atoms with Gasteiger partial charge in [0, 0.05) is 53.9 Å². The van der Waals surface area contributed by atoms with Crippen LogP contribution in [0.5, 0.6) is 0 Å². The van der Waals surface area contributed by atoms with Gasteiger partial charge in [0.15, 0.2) is 0 Å². The Morgan fingerprint density at radius 2 is 0.722 bits per heavy atom. The number of fused-ring (bicyclic) bond motifs is 12. The molecule has 10 heteroatoms. The zero-order chi connectivity index (χ0) is 36.0. The Morgan fingerprint density at radius 1 is 0.389 bits per heavy atom. The van der Waals surface area contributed by atoms with Crippen LogP contribution >= 0.6 is 0 Å². The van der Waals surface area contributed by atoms with Crippen LogP contribution in [-0.4, -0.2) is 18.8 Å². The number of pyridine rings is 2. The van der Waals surface area contributed by atoms with Gasteiger partial charge in [0.2, 0.25) is 0 Å². The first-order chi connectivity index (χ1) is 26.3. The van der Waals surface area contributed by atoms with Crippen molar-refractivity contribution in [1.82, 2.24) is 18.8 Å². The molecule has 0 fully saturated rings. The lowest BCUT2D eigenvalue weighted by molar-refractivity contribution is 0.630. The molecule has 0 aliphatic rings. The molecule has 0 aliphatic heterocycles. The lowest BCUT2D eigenvalue weighted by atomic mass is 9.85. The molecule has 4 heterocycles. The maximum atomic E-state index is 16.9. The van der Waals surface area contributed by atoms with Crippen LogP contribution in [0.1, 0.15) is 0 Å². The van der Waals surface area contributed by atoms with E-state index in [2.05, 4.69) is 0 Å². The molecule has 0 saturated heterocycles. The summed E-state index contributed by atoms with van der Waals surface area (Å²) in [7, 11) is 0. The van der Waals surface area contributed by atoms with Crippen molar-refractivity contribution in [2.24, 2.45) is 0 Å². The van der Waals surface area contributed by atoms with Crippen molar-refractivity contribution in [3.05, 3.63) is 141 Å². The summed E-state index contributed by atoms with van der Waals surface area (Å²) in [6.45, 7) is 0. The molecule has 4 aromatic heterocycles. The topological polar surface area (TPSA) is 68.7 Å². The summed E-state index contributed by atoms with van der Waals surface area (Å²) in [6, 6.07) is 26.8. The summed E-state index contributed by atoms with van der Waals surface area (Å²) < 4.78 is 70.2. The molecule has 0 saturated carbocycles. The molecule has 0 radical (unpaired) electrons. The van der Waals surface area contributed by atoms with Gasteiger partial charge in [-0.05, 0) is 70.1 Å². The quantitative estimate of drug-likeness (QED) is 0.0894. The van der Waals surface area contributed by atoms with Gasteiger partial charge in [-0.15, -0.1) is 0 Å². The maximum absolute atomic E-state index is 16.9. The van der Waals surface area contributed by atoms with Gasteiger partial charge < -0.3 is 0 Å². The highest BCUT2D eigenvalue weighted by molar-refractivity contribution is 6.41. The van der Waals surface area contributed by atoms with Gasteiger partial charge in [0.1, 0.15) is 34.6 Å². The van der Waals surface area contributed by atoms with Gasteiger partial charge in [-0.3, -0.25) is 18.4 Å². The largest absolute Gasteiger partial charge is 0.268 e. The van der Waals surface area contributed by atoms with Crippen molar-refractivity contribution < 1.29 is 17.6 Å². The Balaban J connectivity index is 1.27. The third kappa shape index (κ3) is 3.09. The summed E-state index contributed by atoms with van der Waals surface area (Å²) in [5.41, 5.74) is 0.921. The smallest absolute Gasteiger partial charge is 0.264 e. The minimum absolute atomic E-state index is 0.0893. The zero-order valence-corrected chi connectivity index (χ0v) is 27.4. The van der Waals surface area contributed by atoms with Crippen molar-refractivity contribution in [3.63, 3.8) is 0 Å². The minimum Gasteiger partial charge on any atom is -0.268 e. The van der Waals surface area contributed by atoms with Crippen molar-refractivity contribution in [3.8, 4) is 0 Å². The van der Waals surface area contributed by atoms with E-state index in [4.69, 9.17) is 9.97 Å². The summed E-state index contributed by atoms with van der Waals surface area (Å²) >= 11 is 0. The van der Waals surface area contributed by atoms with Crippen LogP contribution in [0.4, 0.5) is 17.6 Å². The first kappa shape index (κ1) is 28.4. The summed E-state index contributed by atoms with van der Waals surface area (Å²) in [4.78, 5) is 38.2. The lowest BCUT2D eigenvalue weighted by Crippen LogP contribution is -2.15. The van der Waals surface area contributed by atoms with Gasteiger partial charge in [0.25, 0.3) is 11.1 Å². The average Bonchev–Trinajstić information content (AvgIpc) is 3.73. The van der Waals surface area contributed by atoms with Crippen molar-refractivity contribution in [2.45, 2.75) is 0 Å². The fraction of sp³-hybridized carbons (Fsp3) is 0. The molecule has 0 aliphatic carbocycles. The number of hydrogen-bond acceptors (Lipinski definition) is 4. The van der Waals surface area contributed by atoms with E-state index in [0.717, 1.165) is 33.7 Å². The number of imidazole rings is 2. The summed E-state index contributed by atoms with van der Waals surface area (Å²) in [5.74, 6) is -3.82. The third-order valence-corrected chi connectivity index (χ3v) is 11.5. The van der Waals surface area contributed by atoms with E-state index in [0.29, 0.717) is 22.1 Å². The molecule has 252 valence electrons. The second kappa shape index (κ2) is 9.05. The van der Waals surface area contributed by atoms with Crippen molar-refractivity contribution in [2.75, 3.05) is 0 Å². The predicted molar refractivity (Wildman–Crippen MR) is 205 cm³/mol. The van der Waals surface area contributed by atoms with E-state index in [1.54, 1.807) is 12.1 Å². The molecule has 0 atom stereocenters. The molecule has 0 bridgehead atoms. The Morgan fingerprint density at radius 3 is 1.09 bits per heavy atom. The molecule has 13 aromatic rings. The van der Waals surface area contributed by atoms with Crippen LogP contribution in [0, 0.1) is 23.3 Å². The molecule has 0 unspecified atom stereocenters. The molecule has 0 spiro atoms. The number of hydrogen-bond donors (Lipinski definition) is 0. The summed E-state index contributed by atoms with van der Waals surface area (Å²) in [6.07, 6.45) is 0. The molecule has 0 N–H and O–H groups in total. The van der Waals surface area contributed by atoms with Crippen LogP contribution in [0.25, 0.3) is 120 Å². The SMILES string of the molecule is O=c1c2cc(F)c3c4c(F)cc5c6c(cc(F)c(c7c(F)cc(c2c37)c2nc3cc7ccccc7cc3n12)c46)c(=O)n1c2cc3ccccc3cc2nc51. The molecule has 6 nitrogen and oxygen atoms in total. The van der Waals surface area contributed by atoms with Crippen LogP contribution in [-0.2, 0) is 0 Å². The average molecular weight is 709 g/mol. The first-order valence-corrected chi connectivity index (χ1v) is 17.2. The van der Waals surface area contributed by atoms with Crippen LogP contribution in [0.2, 0.25) is 0 Å². The first-order valence-electron chi connectivity index (χ1n) is 17.2. The van der Waals surface area contributed by atoms with E-state index in [-0.39, 0.29) is 75.9 Å². The molecule has 9 aromatic carbocycles. The highest BCUT2D eigenvalue weighted by Gasteiger charge is 2.30. The van der Waals surface area contributed by atoms with Gasteiger partial charge in [-0.1, -0.05) is 48.5 Å². The number of halogens is 4. The second-order valence-corrected chi connectivity index (χ2v) is 14.2. The minimum atomic E-state index is -0.992. The van der Waals surface area contributed by atoms with Gasteiger partial charge in [-0.25, -0.2) is 27.5 Å². The van der Waals surface area contributed by atoms with Crippen LogP contribution in [0.3, 0.4) is 0 Å². The van der Waals surface area contributed by atoms with Gasteiger partial charge >= 0.3 is 0 Å². The fourth-order valence-electron chi connectivity index (χ4n) is 9.35. The molecule has 0 amide bonds. The number of benzene rings is 9. The zero-order valence-electron chi connectivity index (χ0n) is 27.4. The molecule has 54 heavy (non-hydrogen) atoms. The van der Waals surface area contributed by atoms with E-state index in [1.165, 1.54) is 20.9 Å². The van der Waals surface area contributed by atoms with E-state index >= 15 is 17.6 Å². The maximum Gasteiger partial charge on any atom is 0.264 e. The third-order valence-electron chi connectivity index (χ3n) is 11.5. The molecular weight excluding hydrogens is 693 g/mol. The molecule has 13 rings (SSSR count). The fourth-order valence-corrected chi connectivity index (χ4v) is 9.35. The normalized spacial score (nSPS) is 13.0. The van der Waals surface area contributed by atoms with Gasteiger partial charge in [-0.2, -0.15) is 0 Å². The number of nitrogens with zero attached hydrogens (tertiary/aromatic N) is 4. The predicted octanol–water partition coefficient (Wildman–Crippen LogP) is 10.1. The number of rotatable bonds is 0. The number of aromatic nitrogens is 4. The van der Waals surface area contributed by atoms with E-state index in [1.807, 2.05) is 60.7 Å². The van der Waals surface area contributed by atoms with Crippen molar-refractivity contribution >= 4 is 120 Å². The highest BCUT2D eigenvalue weighted by atomic mass is 19.1. The van der Waals surface area contributed by atoms with Crippen LogP contribution in [0.15, 0.2) is 107 Å². The lowest BCUT2D eigenvalue weighted by Gasteiger charge is -2.20. The summed E-state index contributed by atoms with van der Waals surface area (Å²) in [5, 5.41) is 2.38. The van der Waals surface area contributed by atoms with Crippen LogP contribution < -0.4 is 11.1 Å². The van der Waals surface area contributed by atoms with Gasteiger partial charge in [0.05, 0.1) is 32.8 Å². The Hall–Kier alpha value is -7.20. The highest BCUT2D eigenvalue weighted by Crippen LogP contribution is 2.49. The Labute approximate surface area is 296 Å².